The molecule has 0 bridgehead atoms. The molecular formula is C10H4F4N4S. The number of nitrogens with zero attached hydrogens (tertiary/aromatic N) is 3. The molecule has 98 valence electrons. The van der Waals surface area contributed by atoms with Crippen LogP contribution in [0.15, 0.2) is 17.9 Å². The predicted octanol–water partition coefficient (Wildman–Crippen LogP) is 3.24. The number of hydrogen-bond acceptors (Lipinski definition) is 4. The third-order valence-corrected chi connectivity index (χ3v) is 3.33. The van der Waals surface area contributed by atoms with Crippen molar-refractivity contribution >= 4 is 22.4 Å². The Bertz CT molecular complexity index is 745. The number of hydrogen-bond donors (Lipinski definition) is 1. The highest BCUT2D eigenvalue weighted by Gasteiger charge is 2.37. The van der Waals surface area contributed by atoms with Crippen molar-refractivity contribution in [2.24, 2.45) is 0 Å². The van der Waals surface area contributed by atoms with Crippen molar-refractivity contribution in [1.29, 1.82) is 0 Å². The van der Waals surface area contributed by atoms with Crippen LogP contribution in [0.2, 0.25) is 0 Å². The van der Waals surface area contributed by atoms with Crippen molar-refractivity contribution in [3.8, 4) is 10.4 Å². The summed E-state index contributed by atoms with van der Waals surface area (Å²) in [5.74, 6) is 0. The molecule has 0 aliphatic heterocycles. The van der Waals surface area contributed by atoms with E-state index in [1.807, 2.05) is 0 Å². The highest BCUT2D eigenvalue weighted by molar-refractivity contribution is 7.13. The van der Waals surface area contributed by atoms with Gasteiger partial charge in [0.2, 0.25) is 0 Å². The smallest absolute Gasteiger partial charge is 0.358 e. The van der Waals surface area contributed by atoms with Crippen LogP contribution in [-0.4, -0.2) is 19.9 Å². The Kier molecular flexibility index (Phi) is 2.52. The van der Waals surface area contributed by atoms with E-state index < -0.39 is 17.9 Å². The first-order chi connectivity index (χ1) is 8.97. The van der Waals surface area contributed by atoms with Crippen LogP contribution < -0.4 is 0 Å². The Morgan fingerprint density at radius 2 is 2.00 bits per heavy atom. The molecule has 0 aliphatic rings. The molecule has 0 fully saturated rings. The van der Waals surface area contributed by atoms with Crippen LogP contribution in [-0.2, 0) is 6.18 Å². The summed E-state index contributed by atoms with van der Waals surface area (Å²) >= 11 is 0.821. The quantitative estimate of drug-likeness (QED) is 0.552. The fourth-order valence-corrected chi connectivity index (χ4v) is 2.53. The lowest BCUT2D eigenvalue weighted by Crippen LogP contribution is -2.06. The summed E-state index contributed by atoms with van der Waals surface area (Å²) in [5, 5.41) is 0. The van der Waals surface area contributed by atoms with E-state index in [0.717, 1.165) is 16.8 Å². The molecule has 3 rings (SSSR count). The minimum absolute atomic E-state index is 0.0993. The van der Waals surface area contributed by atoms with Crippen LogP contribution in [0.4, 0.5) is 17.6 Å². The number of aromatic nitrogens is 4. The number of H-pyrrole nitrogens is 1. The van der Waals surface area contributed by atoms with Gasteiger partial charge in [0.15, 0.2) is 5.69 Å². The zero-order valence-corrected chi connectivity index (χ0v) is 9.81. The van der Waals surface area contributed by atoms with E-state index in [1.165, 1.54) is 12.4 Å². The summed E-state index contributed by atoms with van der Waals surface area (Å²) in [4.78, 5) is 12.8. The van der Waals surface area contributed by atoms with Crippen molar-refractivity contribution in [2.45, 2.75) is 6.18 Å². The Morgan fingerprint density at radius 1 is 1.21 bits per heavy atom. The van der Waals surface area contributed by atoms with E-state index in [-0.39, 0.29) is 16.0 Å². The van der Waals surface area contributed by atoms with Gasteiger partial charge < -0.3 is 4.98 Å². The van der Waals surface area contributed by atoms with Gasteiger partial charge in [0, 0.05) is 11.8 Å². The molecule has 0 unspecified atom stereocenters. The summed E-state index contributed by atoms with van der Waals surface area (Å²) in [7, 11) is 0. The molecule has 0 aromatic carbocycles. The van der Waals surface area contributed by atoms with Gasteiger partial charge in [0.25, 0.3) is 0 Å². The zero-order chi connectivity index (χ0) is 13.6. The molecule has 4 nitrogen and oxygen atoms in total. The van der Waals surface area contributed by atoms with Crippen molar-refractivity contribution in [3.63, 3.8) is 0 Å². The van der Waals surface area contributed by atoms with Crippen LogP contribution in [0.3, 0.4) is 0 Å². The Morgan fingerprint density at radius 3 is 2.74 bits per heavy atom. The summed E-state index contributed by atoms with van der Waals surface area (Å²) in [6.45, 7) is 0. The van der Waals surface area contributed by atoms with Gasteiger partial charge in [-0.3, -0.25) is 0 Å². The second kappa shape index (κ2) is 3.98. The molecule has 9 heteroatoms. The Labute approximate surface area is 107 Å². The molecular weight excluding hydrogens is 284 g/mol. The number of nitrogens with one attached hydrogen (secondary N) is 1. The fourth-order valence-electron chi connectivity index (χ4n) is 1.70. The number of fused-ring (bicyclic) bond motifs is 1. The lowest BCUT2D eigenvalue weighted by molar-refractivity contribution is -0.140. The third kappa shape index (κ3) is 1.95. The van der Waals surface area contributed by atoms with E-state index >= 15 is 0 Å². The highest BCUT2D eigenvalue weighted by atomic mass is 32.1. The first-order valence-electron chi connectivity index (χ1n) is 4.97. The fraction of sp³-hybridized carbons (Fsp3) is 0.100. The van der Waals surface area contributed by atoms with Gasteiger partial charge in [0.05, 0.1) is 22.1 Å². The van der Waals surface area contributed by atoms with E-state index in [4.69, 9.17) is 0 Å². The summed E-state index contributed by atoms with van der Waals surface area (Å²) < 4.78 is 51.3. The second-order valence-corrected chi connectivity index (χ2v) is 4.49. The lowest BCUT2D eigenvalue weighted by atomic mass is 10.2. The molecule has 3 aromatic heterocycles. The van der Waals surface area contributed by atoms with Crippen molar-refractivity contribution in [3.05, 3.63) is 29.7 Å². The summed E-state index contributed by atoms with van der Waals surface area (Å²) in [6.07, 6.45) is -3.05. The molecule has 3 heterocycles. The Hall–Kier alpha value is -2.03. The van der Waals surface area contributed by atoms with Crippen LogP contribution >= 0.6 is 11.3 Å². The number of thiazole rings is 1. The average Bonchev–Trinajstić information content (AvgIpc) is 2.91. The molecule has 0 aliphatic carbocycles. The van der Waals surface area contributed by atoms with Gasteiger partial charge in [-0.2, -0.15) is 22.5 Å². The minimum atomic E-state index is -4.56. The monoisotopic (exact) mass is 288 g/mol. The molecule has 0 spiro atoms. The normalized spacial score (nSPS) is 12.2. The van der Waals surface area contributed by atoms with Crippen molar-refractivity contribution < 1.29 is 17.6 Å². The maximum absolute atomic E-state index is 13.0. The second-order valence-electron chi connectivity index (χ2n) is 3.63. The summed E-state index contributed by atoms with van der Waals surface area (Å²) in [5.41, 5.74) is 0.706. The molecule has 19 heavy (non-hydrogen) atoms. The first-order valence-corrected chi connectivity index (χ1v) is 5.85. The SMILES string of the molecule is Fc1ncc2[nH]cc(-c3scnc3C(F)(F)F)c2n1. The molecule has 0 radical (unpaired) electrons. The van der Waals surface area contributed by atoms with Gasteiger partial charge in [-0.05, 0) is 0 Å². The van der Waals surface area contributed by atoms with Crippen LogP contribution in [0, 0.1) is 6.08 Å². The largest absolute Gasteiger partial charge is 0.434 e. The molecule has 0 saturated carbocycles. The summed E-state index contributed by atoms with van der Waals surface area (Å²) in [6, 6.07) is 0. The third-order valence-electron chi connectivity index (χ3n) is 2.47. The molecule has 3 aromatic rings. The van der Waals surface area contributed by atoms with Gasteiger partial charge in [-0.25, -0.2) is 9.97 Å². The Balaban J connectivity index is 2.26. The maximum Gasteiger partial charge on any atom is 0.434 e. The van der Waals surface area contributed by atoms with Crippen LogP contribution in [0.25, 0.3) is 21.5 Å². The predicted molar refractivity (Wildman–Crippen MR) is 60.0 cm³/mol. The van der Waals surface area contributed by atoms with Crippen LogP contribution in [0.1, 0.15) is 5.69 Å². The van der Waals surface area contributed by atoms with Gasteiger partial charge in [0.1, 0.15) is 5.52 Å². The first kappa shape index (κ1) is 12.0. The lowest BCUT2D eigenvalue weighted by Gasteiger charge is -2.04. The molecule has 0 atom stereocenters. The minimum Gasteiger partial charge on any atom is -0.358 e. The van der Waals surface area contributed by atoms with Gasteiger partial charge in [-0.1, -0.05) is 0 Å². The molecule has 0 amide bonds. The number of aromatic amines is 1. The van der Waals surface area contributed by atoms with E-state index in [9.17, 15) is 17.6 Å². The highest BCUT2D eigenvalue weighted by Crippen LogP contribution is 2.40. The van der Waals surface area contributed by atoms with E-state index in [2.05, 4.69) is 19.9 Å². The van der Waals surface area contributed by atoms with E-state index in [1.54, 1.807) is 0 Å². The average molecular weight is 288 g/mol. The number of halogens is 4. The standard InChI is InChI=1S/C10H4F4N4S/c11-9-16-2-5-6(18-9)4(1-15-5)7-8(10(12,13)14)17-3-19-7/h1-3,15H. The van der Waals surface area contributed by atoms with Crippen molar-refractivity contribution in [2.75, 3.05) is 0 Å². The van der Waals surface area contributed by atoms with Crippen molar-refractivity contribution in [1.82, 2.24) is 19.9 Å². The number of rotatable bonds is 1. The van der Waals surface area contributed by atoms with Gasteiger partial charge in [-0.15, -0.1) is 11.3 Å². The van der Waals surface area contributed by atoms with E-state index in [0.29, 0.717) is 5.52 Å². The number of alkyl halides is 3. The van der Waals surface area contributed by atoms with Crippen LogP contribution in [0.5, 0.6) is 0 Å². The topological polar surface area (TPSA) is 54.5 Å². The molecule has 1 N–H and O–H groups in total. The van der Waals surface area contributed by atoms with Gasteiger partial charge >= 0.3 is 12.3 Å². The zero-order valence-electron chi connectivity index (χ0n) is 8.99. The maximum atomic E-state index is 13.0. The molecule has 0 saturated heterocycles.